The molecule has 0 saturated carbocycles. The molecule has 0 aliphatic rings. The van der Waals surface area contributed by atoms with Gasteiger partial charge in [-0.3, -0.25) is 4.39 Å². The third kappa shape index (κ3) is 32.3. The van der Waals surface area contributed by atoms with E-state index in [-0.39, 0.29) is 47.0 Å². The molecule has 2 nitrogen and oxygen atoms in total. The van der Waals surface area contributed by atoms with Crippen LogP contribution in [0, 0.1) is 24.4 Å². The Hall–Kier alpha value is 1.38. The van der Waals surface area contributed by atoms with Gasteiger partial charge in [0.15, 0.2) is 0 Å². The molecule has 0 aliphatic carbocycles. The van der Waals surface area contributed by atoms with E-state index in [4.69, 9.17) is 57.6 Å². The molecule has 0 heterocycles. The van der Waals surface area contributed by atoms with Crippen LogP contribution in [-0.2, 0) is 16.7 Å². The van der Waals surface area contributed by atoms with E-state index < -0.39 is 10.4 Å². The maximum atomic E-state index is 12.7. The average Bonchev–Trinajstić information content (AvgIpc) is 2.79. The molecular weight excluding hydrogens is 893 g/mol. The maximum absolute atomic E-state index is 12.7. The van der Waals surface area contributed by atoms with Crippen molar-refractivity contribution in [2.24, 2.45) is 0 Å². The van der Waals surface area contributed by atoms with Gasteiger partial charge in [0.1, 0.15) is 17.5 Å². The van der Waals surface area contributed by atoms with Crippen LogP contribution in [0.3, 0.4) is 0 Å². The molecule has 0 amide bonds. The normalized spacial score (nSPS) is 9.55. The molecule has 0 aliphatic heterocycles. The van der Waals surface area contributed by atoms with Gasteiger partial charge in [0, 0.05) is 25.9 Å². The van der Waals surface area contributed by atoms with Crippen molar-refractivity contribution in [3.05, 3.63) is 102 Å². The first-order valence-corrected chi connectivity index (χ1v) is 14.9. The zero-order valence-electron chi connectivity index (χ0n) is 22.7. The molecule has 0 atom stereocenters. The fourth-order valence-electron chi connectivity index (χ4n) is 2.24. The summed E-state index contributed by atoms with van der Waals surface area (Å²) in [6, 6.07) is 14.3. The minimum absolute atomic E-state index is 0. The predicted octanol–water partition coefficient (Wildman–Crippen LogP) is 8.23. The van der Waals surface area contributed by atoms with Crippen LogP contribution in [0.5, 0.6) is 0 Å². The zero-order chi connectivity index (χ0) is 31.9. The second-order valence-electron chi connectivity index (χ2n) is 6.50. The van der Waals surface area contributed by atoms with Gasteiger partial charge < -0.3 is 9.84 Å². The Labute approximate surface area is 310 Å². The molecule has 0 saturated heterocycles. The third-order valence-corrected chi connectivity index (χ3v) is 5.34. The van der Waals surface area contributed by atoms with Crippen molar-refractivity contribution in [3.8, 4) is 0 Å². The van der Waals surface area contributed by atoms with E-state index in [1.54, 1.807) is 7.11 Å². The summed E-state index contributed by atoms with van der Waals surface area (Å²) in [5, 5.41) is 8.93. The number of alkyl halides is 6. The van der Waals surface area contributed by atoms with E-state index in [2.05, 4.69) is 63.7 Å². The summed E-state index contributed by atoms with van der Waals surface area (Å²) in [6.07, 6.45) is 0. The molecule has 222 valence electrons. The second-order valence-corrected chi connectivity index (χ2v) is 13.2. The van der Waals surface area contributed by atoms with Crippen LogP contribution in [0.1, 0.15) is 18.1 Å². The Morgan fingerprint density at radius 3 is 1.40 bits per heavy atom. The summed E-state index contributed by atoms with van der Waals surface area (Å²) in [6.45, 7) is 2.30. The molecular formula is C25H25Br4Cl4F4NaO2. The summed E-state index contributed by atoms with van der Waals surface area (Å²) in [7, 11) is 1.33. The second kappa shape index (κ2) is 29.1. The Kier molecular flexibility index (Phi) is 33.3. The Bertz CT molecular complexity index is 995. The van der Waals surface area contributed by atoms with Crippen LogP contribution >= 0.6 is 110 Å². The molecule has 0 unspecified atom stereocenters. The fourth-order valence-corrected chi connectivity index (χ4v) is 4.17. The maximum Gasteiger partial charge on any atom is 1.00 e. The van der Waals surface area contributed by atoms with Gasteiger partial charge in [-0.15, -0.1) is 0 Å². The summed E-state index contributed by atoms with van der Waals surface area (Å²) in [5.41, 5.74) is 2.70. The van der Waals surface area contributed by atoms with Gasteiger partial charge in [-0.25, -0.2) is 13.2 Å². The largest absolute Gasteiger partial charge is 1.00 e. The molecule has 15 heteroatoms. The van der Waals surface area contributed by atoms with Gasteiger partial charge in [-0.1, -0.05) is 110 Å². The number of hydrogen-bond acceptors (Lipinski definition) is 2. The van der Waals surface area contributed by atoms with E-state index >= 15 is 0 Å². The number of halogens is 12. The molecule has 0 spiro atoms. The van der Waals surface area contributed by atoms with Crippen molar-refractivity contribution in [1.82, 2.24) is 0 Å². The van der Waals surface area contributed by atoms with Gasteiger partial charge in [0.25, 0.3) is 3.25 Å². The van der Waals surface area contributed by atoms with Crippen molar-refractivity contribution in [2.75, 3.05) is 21.4 Å². The molecule has 3 rings (SSSR count). The van der Waals surface area contributed by atoms with Gasteiger partial charge >= 0.3 is 29.6 Å². The third-order valence-electron chi connectivity index (χ3n) is 3.32. The first-order chi connectivity index (χ1) is 18.5. The molecule has 40 heavy (non-hydrogen) atoms. The molecule has 3 aromatic rings. The van der Waals surface area contributed by atoms with Crippen LogP contribution in [0.25, 0.3) is 0 Å². The summed E-state index contributed by atoms with van der Waals surface area (Å²) in [4.78, 5) is 0. The number of benzene rings is 3. The van der Waals surface area contributed by atoms with Crippen LogP contribution in [0.15, 0.2) is 68.0 Å². The molecule has 0 aromatic heterocycles. The van der Waals surface area contributed by atoms with Crippen molar-refractivity contribution in [1.29, 1.82) is 0 Å². The Morgan fingerprint density at radius 1 is 0.775 bits per heavy atom. The van der Waals surface area contributed by atoms with E-state index in [0.29, 0.717) is 11.9 Å². The Morgan fingerprint density at radius 2 is 1.10 bits per heavy atom. The molecule has 0 radical (unpaired) electrons. The standard InChI is InChI=1S/C8H8BrFO.C7H5Br2F.C7H6BrF.CCl4.CH3F.CH3O.Na/c1-11-5-6-2-7(9)4-8(10)3-6;8-4-5-1-6(9)3-7(10)2-5;1-5-2-6(8)4-7(9)3-5;2-1(3,4)5;2*1-2;/h2-4H,5H2,1H3;1-3H,4H2;2-4H,1H3;;2*1H3;/q;;;;;-1;+1/i;;;;1D;;. The molecule has 0 bridgehead atoms. The summed E-state index contributed by atoms with van der Waals surface area (Å²) < 4.78 is 58.7. The zero-order valence-corrected chi connectivity index (χ0v) is 33.0. The van der Waals surface area contributed by atoms with Gasteiger partial charge in [0.05, 0.1) is 15.1 Å². The van der Waals surface area contributed by atoms with Crippen LogP contribution < -0.4 is 34.7 Å². The number of aryl methyl sites for hydroxylation is 1. The SMILES string of the molecule is COCc1cc(F)cc(Br)c1.C[O-].Cc1cc(F)cc(Br)c1.ClC(Cl)(Cl)Cl.Fc1cc(Br)cc(CBr)c1.[2H]CF.[Na+]. The number of rotatable bonds is 3. The topological polar surface area (TPSA) is 32.3 Å². The van der Waals surface area contributed by atoms with E-state index in [1.807, 2.05) is 25.1 Å². The van der Waals surface area contributed by atoms with Crippen LogP contribution in [0.2, 0.25) is 0 Å². The van der Waals surface area contributed by atoms with Gasteiger partial charge in [-0.2, -0.15) is 7.11 Å². The predicted molar refractivity (Wildman–Crippen MR) is 169 cm³/mol. The van der Waals surface area contributed by atoms with E-state index in [9.17, 15) is 17.6 Å². The number of methoxy groups -OCH3 is 1. The first-order valence-electron chi connectivity index (χ1n) is 10.6. The molecule has 0 fully saturated rings. The number of hydrogen-bond donors (Lipinski definition) is 0. The monoisotopic (exact) mass is 913 g/mol. The van der Waals surface area contributed by atoms with E-state index in [0.717, 1.165) is 37.2 Å². The summed E-state index contributed by atoms with van der Waals surface area (Å²) in [5.74, 6) is -0.642. The summed E-state index contributed by atoms with van der Waals surface area (Å²) >= 11 is 32.1. The average molecular weight is 919 g/mol. The molecule has 3 aromatic carbocycles. The fraction of sp³-hybridized carbons (Fsp3) is 0.280. The first kappa shape index (κ1) is 45.8. The Balaban J connectivity index is -0.000000215. The van der Waals surface area contributed by atoms with E-state index in [1.165, 1.54) is 36.4 Å². The van der Waals surface area contributed by atoms with Crippen LogP contribution in [-0.4, -0.2) is 24.6 Å². The van der Waals surface area contributed by atoms with Crippen molar-refractivity contribution in [2.45, 2.75) is 22.1 Å². The quantitative estimate of drug-likeness (QED) is 0.151. The van der Waals surface area contributed by atoms with Gasteiger partial charge in [-0.05, 0) is 78.2 Å². The van der Waals surface area contributed by atoms with Gasteiger partial charge in [0.2, 0.25) is 0 Å². The van der Waals surface area contributed by atoms with Crippen molar-refractivity contribution < 1.29 is 58.3 Å². The smallest absolute Gasteiger partial charge is 0.857 e. The minimum atomic E-state index is -1.61. The molecule has 0 N–H and O–H groups in total. The van der Waals surface area contributed by atoms with Crippen molar-refractivity contribution in [3.63, 3.8) is 0 Å². The minimum Gasteiger partial charge on any atom is -0.857 e. The number of ether oxygens (including phenoxy) is 1. The van der Waals surface area contributed by atoms with Crippen LogP contribution in [0.4, 0.5) is 17.6 Å². The van der Waals surface area contributed by atoms with Crippen molar-refractivity contribution >= 4 is 110 Å².